The highest BCUT2D eigenvalue weighted by Crippen LogP contribution is 2.38. The summed E-state index contributed by atoms with van der Waals surface area (Å²) in [6.45, 7) is 2.24. The Morgan fingerprint density at radius 3 is 2.88 bits per heavy atom. The van der Waals surface area contributed by atoms with Gasteiger partial charge in [0.1, 0.15) is 11.6 Å². The highest BCUT2D eigenvalue weighted by atomic mass is 32.1. The third-order valence-electron chi connectivity index (χ3n) is 3.93. The maximum Gasteiger partial charge on any atom is 0.258 e. The zero-order chi connectivity index (χ0) is 18.1. The molecule has 0 radical (unpaired) electrons. The number of halogens is 1. The summed E-state index contributed by atoms with van der Waals surface area (Å²) in [7, 11) is 0. The summed E-state index contributed by atoms with van der Waals surface area (Å²) in [5.41, 5.74) is 1.83. The quantitative estimate of drug-likeness (QED) is 0.543. The summed E-state index contributed by atoms with van der Waals surface area (Å²) in [5, 5.41) is 6.75. The molecule has 0 saturated heterocycles. The minimum atomic E-state index is -0.295. The Morgan fingerprint density at radius 1 is 1.27 bits per heavy atom. The Bertz CT molecular complexity index is 1090. The van der Waals surface area contributed by atoms with Crippen molar-refractivity contribution in [3.05, 3.63) is 58.2 Å². The lowest BCUT2D eigenvalue weighted by molar-refractivity contribution is -0.123. The molecule has 0 atom stereocenters. The first-order valence-corrected chi connectivity index (χ1v) is 9.71. The Morgan fingerprint density at radius 2 is 2.08 bits per heavy atom. The van der Waals surface area contributed by atoms with Crippen LogP contribution in [0.3, 0.4) is 0 Å². The van der Waals surface area contributed by atoms with E-state index in [2.05, 4.69) is 10.3 Å². The fraction of sp³-hybridized carbons (Fsp3) is 0.158. The maximum atomic E-state index is 12.9. The second-order valence-corrected chi connectivity index (χ2v) is 7.96. The third kappa shape index (κ3) is 3.40. The van der Waals surface area contributed by atoms with Gasteiger partial charge in [-0.15, -0.1) is 22.7 Å². The number of thiazole rings is 1. The van der Waals surface area contributed by atoms with Crippen molar-refractivity contribution < 1.29 is 13.9 Å². The lowest BCUT2D eigenvalue weighted by Gasteiger charge is -2.09. The first-order valence-electron chi connectivity index (χ1n) is 8.01. The van der Waals surface area contributed by atoms with E-state index < -0.39 is 0 Å². The summed E-state index contributed by atoms with van der Waals surface area (Å²) >= 11 is 3.23. The van der Waals surface area contributed by atoms with Crippen molar-refractivity contribution in [1.82, 2.24) is 10.3 Å². The molecule has 0 aliphatic rings. The maximum absolute atomic E-state index is 12.9. The number of amides is 1. The van der Waals surface area contributed by atoms with Crippen LogP contribution in [0.15, 0.2) is 41.8 Å². The van der Waals surface area contributed by atoms with Crippen LogP contribution in [0.25, 0.3) is 20.3 Å². The second-order valence-electron chi connectivity index (χ2n) is 5.81. The molecule has 0 saturated carbocycles. The second kappa shape index (κ2) is 7.01. The lowest BCUT2D eigenvalue weighted by Crippen LogP contribution is -2.28. The smallest absolute Gasteiger partial charge is 0.258 e. The Hall–Kier alpha value is -2.51. The summed E-state index contributed by atoms with van der Waals surface area (Å²) < 4.78 is 20.8. The number of aromatic nitrogens is 1. The van der Waals surface area contributed by atoms with E-state index in [0.29, 0.717) is 12.3 Å². The molecule has 2 heterocycles. The van der Waals surface area contributed by atoms with E-state index in [-0.39, 0.29) is 18.3 Å². The Balaban J connectivity index is 1.45. The van der Waals surface area contributed by atoms with Crippen molar-refractivity contribution >= 4 is 48.9 Å². The molecule has 0 fully saturated rings. The van der Waals surface area contributed by atoms with Crippen molar-refractivity contribution in [3.8, 4) is 5.75 Å². The molecule has 0 spiro atoms. The van der Waals surface area contributed by atoms with Gasteiger partial charge in [0, 0.05) is 18.0 Å². The van der Waals surface area contributed by atoms with E-state index in [9.17, 15) is 9.18 Å². The number of thiophene rings is 1. The van der Waals surface area contributed by atoms with Gasteiger partial charge in [0.05, 0.1) is 19.9 Å². The van der Waals surface area contributed by atoms with Crippen molar-refractivity contribution in [1.29, 1.82) is 0 Å². The molecule has 132 valence electrons. The molecule has 1 amide bonds. The molecular weight excluding hydrogens is 371 g/mol. The van der Waals surface area contributed by atoms with Crippen LogP contribution in [-0.4, -0.2) is 17.5 Å². The van der Waals surface area contributed by atoms with E-state index >= 15 is 0 Å². The van der Waals surface area contributed by atoms with Gasteiger partial charge in [-0.25, -0.2) is 9.37 Å². The number of carbonyl (C=O) groups is 1. The zero-order valence-electron chi connectivity index (χ0n) is 13.9. The third-order valence-corrected chi connectivity index (χ3v) is 5.77. The molecule has 26 heavy (non-hydrogen) atoms. The number of aryl methyl sites for hydroxylation is 1. The van der Waals surface area contributed by atoms with Crippen LogP contribution < -0.4 is 10.1 Å². The average molecular weight is 386 g/mol. The largest absolute Gasteiger partial charge is 0.483 e. The summed E-state index contributed by atoms with van der Waals surface area (Å²) in [5.74, 6) is 0.171. The molecule has 2 aromatic carbocycles. The van der Waals surface area contributed by atoms with Crippen molar-refractivity contribution in [2.45, 2.75) is 13.5 Å². The molecule has 0 bridgehead atoms. The zero-order valence-corrected chi connectivity index (χ0v) is 15.5. The van der Waals surface area contributed by atoms with Crippen LogP contribution in [0.5, 0.6) is 5.75 Å². The first-order chi connectivity index (χ1) is 12.6. The van der Waals surface area contributed by atoms with Crippen LogP contribution >= 0.6 is 22.7 Å². The molecule has 0 aliphatic carbocycles. The van der Waals surface area contributed by atoms with Crippen molar-refractivity contribution in [3.63, 3.8) is 0 Å². The van der Waals surface area contributed by atoms with Gasteiger partial charge in [0.2, 0.25) is 0 Å². The normalized spacial score (nSPS) is 11.2. The topological polar surface area (TPSA) is 51.2 Å². The van der Waals surface area contributed by atoms with Crippen LogP contribution in [0, 0.1) is 12.7 Å². The van der Waals surface area contributed by atoms with Crippen LogP contribution in [0.4, 0.5) is 4.39 Å². The van der Waals surface area contributed by atoms with E-state index in [1.54, 1.807) is 34.8 Å². The lowest BCUT2D eigenvalue weighted by atomic mass is 10.2. The fourth-order valence-corrected chi connectivity index (χ4v) is 4.54. The number of nitrogens with one attached hydrogen (secondary N) is 1. The molecule has 4 aromatic rings. The monoisotopic (exact) mass is 386 g/mol. The Labute approximate surface area is 157 Å². The van der Waals surface area contributed by atoms with Gasteiger partial charge in [-0.1, -0.05) is 12.1 Å². The number of ether oxygens (including phenoxy) is 1. The predicted octanol–water partition coefficient (Wildman–Crippen LogP) is 4.65. The fourth-order valence-electron chi connectivity index (χ4n) is 2.70. The molecule has 7 heteroatoms. The number of fused-ring (bicyclic) bond motifs is 3. The van der Waals surface area contributed by atoms with Gasteiger partial charge in [0.25, 0.3) is 5.91 Å². The van der Waals surface area contributed by atoms with Crippen molar-refractivity contribution in [2.24, 2.45) is 0 Å². The SMILES string of the molecule is Cc1nc2c(cc(OCC(=O)NCc3ccc(F)cc3)c3ccsc32)s1. The van der Waals surface area contributed by atoms with Gasteiger partial charge in [0.15, 0.2) is 6.61 Å². The van der Waals surface area contributed by atoms with Crippen LogP contribution in [0.2, 0.25) is 0 Å². The van der Waals surface area contributed by atoms with E-state index in [1.807, 2.05) is 24.4 Å². The summed E-state index contributed by atoms with van der Waals surface area (Å²) in [6, 6.07) is 9.97. The summed E-state index contributed by atoms with van der Waals surface area (Å²) in [4.78, 5) is 16.7. The van der Waals surface area contributed by atoms with Gasteiger partial charge in [-0.3, -0.25) is 4.79 Å². The molecule has 2 aromatic heterocycles. The average Bonchev–Trinajstić information content (AvgIpc) is 3.24. The minimum Gasteiger partial charge on any atom is -0.483 e. The van der Waals surface area contributed by atoms with Gasteiger partial charge in [-0.05, 0) is 36.1 Å². The molecule has 0 unspecified atom stereocenters. The van der Waals surface area contributed by atoms with Gasteiger partial charge < -0.3 is 10.1 Å². The highest BCUT2D eigenvalue weighted by molar-refractivity contribution is 7.21. The first kappa shape index (κ1) is 16.9. The molecule has 1 N–H and O–H groups in total. The molecule has 4 rings (SSSR count). The predicted molar refractivity (Wildman–Crippen MR) is 103 cm³/mol. The van der Waals surface area contributed by atoms with Gasteiger partial charge in [-0.2, -0.15) is 0 Å². The van der Waals surface area contributed by atoms with Crippen LogP contribution in [0.1, 0.15) is 10.6 Å². The van der Waals surface area contributed by atoms with Gasteiger partial charge >= 0.3 is 0 Å². The number of benzene rings is 2. The number of nitrogens with zero attached hydrogens (tertiary/aromatic N) is 1. The number of carbonyl (C=O) groups excluding carboxylic acids is 1. The van der Waals surface area contributed by atoms with Crippen molar-refractivity contribution in [2.75, 3.05) is 6.61 Å². The molecular formula is C19H15FN2O2S2. The van der Waals surface area contributed by atoms with Crippen LogP contribution in [-0.2, 0) is 11.3 Å². The highest BCUT2D eigenvalue weighted by Gasteiger charge is 2.13. The van der Waals surface area contributed by atoms with E-state index in [0.717, 1.165) is 30.9 Å². The summed E-state index contributed by atoms with van der Waals surface area (Å²) in [6.07, 6.45) is 0. The Kier molecular flexibility index (Phi) is 4.57. The van der Waals surface area contributed by atoms with E-state index in [1.165, 1.54) is 12.1 Å². The number of rotatable bonds is 5. The number of hydrogen-bond donors (Lipinski definition) is 1. The molecule has 0 aliphatic heterocycles. The molecule has 4 nitrogen and oxygen atoms in total. The minimum absolute atomic E-state index is 0.0740. The van der Waals surface area contributed by atoms with E-state index in [4.69, 9.17) is 4.74 Å². The standard InChI is InChI=1S/C19H15FN2O2S2/c1-11-22-18-16(26-11)8-15(14-6-7-25-19(14)18)24-10-17(23)21-9-12-2-4-13(20)5-3-12/h2-8H,9-10H2,1H3,(H,21,23). The number of hydrogen-bond acceptors (Lipinski definition) is 5.